The van der Waals surface area contributed by atoms with E-state index in [1.54, 1.807) is 12.1 Å². The first-order valence-corrected chi connectivity index (χ1v) is 10.5. The summed E-state index contributed by atoms with van der Waals surface area (Å²) in [5.41, 5.74) is 1.85. The molecule has 2 amide bonds. The third-order valence-electron chi connectivity index (χ3n) is 6.72. The number of allylic oxidation sites excluding steroid dienone is 2. The van der Waals surface area contributed by atoms with E-state index in [-0.39, 0.29) is 46.6 Å². The standard InChI is InChI=1S/C25H20FNO5/c1-13-9-16-11-19(13)22-21(16)23(29)27(24(22)30)18-4-2-3-15(10-18)25(31)32-12-20(28)14-5-7-17(26)8-6-14/h2-10,16,19,21-22H,11-12H2,1H3/t16-,19+,21+,22+/m0/s1. The van der Waals surface area contributed by atoms with Crippen molar-refractivity contribution < 1.29 is 28.3 Å². The van der Waals surface area contributed by atoms with E-state index in [4.69, 9.17) is 4.74 Å². The number of anilines is 1. The Labute approximate surface area is 183 Å². The zero-order valence-corrected chi connectivity index (χ0v) is 17.3. The Kier molecular flexibility index (Phi) is 4.77. The van der Waals surface area contributed by atoms with E-state index in [1.165, 1.54) is 34.7 Å². The van der Waals surface area contributed by atoms with Crippen LogP contribution < -0.4 is 4.90 Å². The maximum absolute atomic E-state index is 13.1. The van der Waals surface area contributed by atoms with Crippen LogP contribution in [0.1, 0.15) is 34.1 Å². The molecule has 1 saturated heterocycles. The highest BCUT2D eigenvalue weighted by Crippen LogP contribution is 2.55. The van der Waals surface area contributed by atoms with Crippen molar-refractivity contribution >= 4 is 29.3 Å². The number of amides is 2. The Hall–Kier alpha value is -3.61. The van der Waals surface area contributed by atoms with Gasteiger partial charge in [-0.15, -0.1) is 0 Å². The molecule has 1 heterocycles. The average molecular weight is 433 g/mol. The summed E-state index contributed by atoms with van der Waals surface area (Å²) in [7, 11) is 0. The van der Waals surface area contributed by atoms with E-state index in [9.17, 15) is 23.6 Å². The molecule has 5 rings (SSSR count). The minimum Gasteiger partial charge on any atom is -0.454 e. The van der Waals surface area contributed by atoms with Gasteiger partial charge < -0.3 is 4.74 Å². The first kappa shape index (κ1) is 20.3. The second-order valence-corrected chi connectivity index (χ2v) is 8.54. The number of benzene rings is 2. The quantitative estimate of drug-likeness (QED) is 0.312. The van der Waals surface area contributed by atoms with Gasteiger partial charge in [-0.1, -0.05) is 17.7 Å². The van der Waals surface area contributed by atoms with E-state index in [0.29, 0.717) is 5.69 Å². The van der Waals surface area contributed by atoms with E-state index in [0.717, 1.165) is 18.6 Å². The molecule has 0 spiro atoms. The van der Waals surface area contributed by atoms with Crippen molar-refractivity contribution in [3.63, 3.8) is 0 Å². The molecule has 7 heteroatoms. The number of hydrogen-bond acceptors (Lipinski definition) is 5. The fraction of sp³-hybridized carbons (Fsp3) is 0.280. The first-order valence-electron chi connectivity index (χ1n) is 10.5. The largest absolute Gasteiger partial charge is 0.454 e. The smallest absolute Gasteiger partial charge is 0.338 e. The van der Waals surface area contributed by atoms with Crippen LogP contribution >= 0.6 is 0 Å². The summed E-state index contributed by atoms with van der Waals surface area (Å²) in [6.45, 7) is 1.50. The molecular formula is C25H20FNO5. The van der Waals surface area contributed by atoms with Gasteiger partial charge in [-0.2, -0.15) is 0 Å². The minimum absolute atomic E-state index is 0.0945. The van der Waals surface area contributed by atoms with Crippen LogP contribution in [-0.4, -0.2) is 30.2 Å². The summed E-state index contributed by atoms with van der Waals surface area (Å²) in [5, 5.41) is 0. The van der Waals surface area contributed by atoms with Gasteiger partial charge in [0, 0.05) is 5.56 Å². The van der Waals surface area contributed by atoms with Crippen LogP contribution in [-0.2, 0) is 14.3 Å². The zero-order valence-electron chi connectivity index (χ0n) is 17.3. The van der Waals surface area contributed by atoms with Crippen molar-refractivity contribution in [2.45, 2.75) is 13.3 Å². The Morgan fingerprint density at radius 3 is 2.50 bits per heavy atom. The molecule has 6 nitrogen and oxygen atoms in total. The summed E-state index contributed by atoms with van der Waals surface area (Å²) in [6, 6.07) is 11.1. The van der Waals surface area contributed by atoms with Gasteiger partial charge in [0.25, 0.3) is 0 Å². The molecule has 0 radical (unpaired) electrons. The number of hydrogen-bond donors (Lipinski definition) is 0. The highest BCUT2D eigenvalue weighted by atomic mass is 19.1. The van der Waals surface area contributed by atoms with Crippen molar-refractivity contribution in [1.29, 1.82) is 0 Å². The van der Waals surface area contributed by atoms with E-state index >= 15 is 0 Å². The normalized spacial score (nSPS) is 25.7. The molecule has 0 aromatic heterocycles. The Morgan fingerprint density at radius 1 is 1.03 bits per heavy atom. The SMILES string of the molecule is CC1=C[C@H]2C[C@H]1[C@H]1C(=O)N(c3cccc(C(=O)OCC(=O)c4ccc(F)cc4)c3)C(=O)[C@@H]12. The van der Waals surface area contributed by atoms with Crippen molar-refractivity contribution in [3.8, 4) is 0 Å². The van der Waals surface area contributed by atoms with Crippen LogP contribution in [0.15, 0.2) is 60.2 Å². The number of ketones is 1. The van der Waals surface area contributed by atoms with Crippen molar-refractivity contribution in [2.75, 3.05) is 11.5 Å². The lowest BCUT2D eigenvalue weighted by molar-refractivity contribution is -0.123. The third kappa shape index (κ3) is 3.16. The predicted molar refractivity (Wildman–Crippen MR) is 112 cm³/mol. The van der Waals surface area contributed by atoms with Crippen LogP contribution in [0.2, 0.25) is 0 Å². The molecule has 3 aliphatic rings. The number of carbonyl (C=O) groups excluding carboxylic acids is 4. The molecule has 4 atom stereocenters. The molecule has 162 valence electrons. The number of carbonyl (C=O) groups is 4. The second-order valence-electron chi connectivity index (χ2n) is 8.54. The molecule has 1 saturated carbocycles. The molecule has 2 aliphatic carbocycles. The van der Waals surface area contributed by atoms with Gasteiger partial charge in [0.1, 0.15) is 5.82 Å². The molecule has 32 heavy (non-hydrogen) atoms. The van der Waals surface area contributed by atoms with Crippen LogP contribution in [0.3, 0.4) is 0 Å². The van der Waals surface area contributed by atoms with Crippen LogP contribution in [0, 0.1) is 29.5 Å². The first-order chi connectivity index (χ1) is 15.3. The Morgan fingerprint density at radius 2 is 1.75 bits per heavy atom. The topological polar surface area (TPSA) is 80.8 Å². The predicted octanol–water partition coefficient (Wildman–Crippen LogP) is 3.57. The van der Waals surface area contributed by atoms with Crippen LogP contribution in [0.25, 0.3) is 0 Å². The highest BCUT2D eigenvalue weighted by Gasteiger charge is 2.60. The molecule has 2 aromatic carbocycles. The second kappa shape index (κ2) is 7.51. The van der Waals surface area contributed by atoms with Crippen LogP contribution in [0.4, 0.5) is 10.1 Å². The zero-order chi connectivity index (χ0) is 22.6. The fourth-order valence-corrected chi connectivity index (χ4v) is 5.23. The fourth-order valence-electron chi connectivity index (χ4n) is 5.23. The van der Waals surface area contributed by atoms with Gasteiger partial charge in [0.15, 0.2) is 12.4 Å². The van der Waals surface area contributed by atoms with Crippen molar-refractivity contribution in [2.24, 2.45) is 23.7 Å². The summed E-state index contributed by atoms with van der Waals surface area (Å²) in [6.07, 6.45) is 2.95. The number of imide groups is 1. The van der Waals surface area contributed by atoms with Gasteiger partial charge in [-0.3, -0.25) is 14.4 Å². The maximum Gasteiger partial charge on any atom is 0.338 e. The number of Topliss-reactive ketones (excluding diaryl/α,β-unsaturated/α-hetero) is 1. The van der Waals surface area contributed by atoms with Crippen LogP contribution in [0.5, 0.6) is 0 Å². The van der Waals surface area contributed by atoms with Gasteiger partial charge in [0.2, 0.25) is 11.8 Å². The minimum atomic E-state index is -0.751. The number of nitrogens with zero attached hydrogens (tertiary/aromatic N) is 1. The van der Waals surface area contributed by atoms with E-state index in [1.807, 2.05) is 6.92 Å². The molecular weight excluding hydrogens is 413 g/mol. The van der Waals surface area contributed by atoms with Gasteiger partial charge in [0.05, 0.1) is 23.1 Å². The lowest BCUT2D eigenvalue weighted by Crippen LogP contribution is -2.33. The summed E-state index contributed by atoms with van der Waals surface area (Å²) in [4.78, 5) is 52.0. The maximum atomic E-state index is 13.1. The van der Waals surface area contributed by atoms with Crippen molar-refractivity contribution in [1.82, 2.24) is 0 Å². The Bertz CT molecular complexity index is 1190. The molecule has 2 aromatic rings. The van der Waals surface area contributed by atoms with Gasteiger partial charge >= 0.3 is 5.97 Å². The number of ether oxygens (including phenoxy) is 1. The lowest BCUT2D eigenvalue weighted by Gasteiger charge is -2.19. The summed E-state index contributed by atoms with van der Waals surface area (Å²) < 4.78 is 18.1. The van der Waals surface area contributed by atoms with Crippen molar-refractivity contribution in [3.05, 3.63) is 77.1 Å². The number of esters is 1. The van der Waals surface area contributed by atoms with E-state index < -0.39 is 24.2 Å². The van der Waals surface area contributed by atoms with Gasteiger partial charge in [-0.25, -0.2) is 14.1 Å². The van der Waals surface area contributed by atoms with E-state index in [2.05, 4.69) is 6.08 Å². The number of rotatable bonds is 5. The average Bonchev–Trinajstić information content (AvgIpc) is 3.42. The number of fused-ring (bicyclic) bond motifs is 5. The summed E-state index contributed by atoms with van der Waals surface area (Å²) >= 11 is 0. The monoisotopic (exact) mass is 433 g/mol. The molecule has 1 aliphatic heterocycles. The molecule has 0 N–H and O–H groups in total. The summed E-state index contributed by atoms with van der Waals surface area (Å²) in [5.74, 6) is -2.60. The molecule has 2 fully saturated rings. The Balaban J connectivity index is 1.30. The van der Waals surface area contributed by atoms with Gasteiger partial charge in [-0.05, 0) is 67.6 Å². The molecule has 2 bridgehead atoms. The lowest BCUT2D eigenvalue weighted by atomic mass is 9.82. The molecule has 0 unspecified atom stereocenters. The highest BCUT2D eigenvalue weighted by molar-refractivity contribution is 6.23. The number of halogens is 1. The third-order valence-corrected chi connectivity index (χ3v) is 6.72.